The number of alkyl halides is 3. The minimum atomic E-state index is -4.74. The van der Waals surface area contributed by atoms with Gasteiger partial charge in [0, 0.05) is 24.2 Å². The van der Waals surface area contributed by atoms with Crippen molar-refractivity contribution in [3.8, 4) is 0 Å². The molecule has 57 heavy (non-hydrogen) atoms. The molecule has 0 saturated heterocycles. The van der Waals surface area contributed by atoms with Crippen LogP contribution in [0.4, 0.5) is 30.5 Å². The Morgan fingerprint density at radius 1 is 0.947 bits per heavy atom. The van der Waals surface area contributed by atoms with E-state index in [4.69, 9.17) is 18.7 Å². The number of halogens is 3. The van der Waals surface area contributed by atoms with Crippen LogP contribution in [0.25, 0.3) is 11.2 Å². The molecule has 1 unspecified atom stereocenters. The lowest BCUT2D eigenvalue weighted by atomic mass is 10.1. The van der Waals surface area contributed by atoms with Crippen molar-refractivity contribution in [2.45, 2.75) is 58.3 Å². The number of hydrogen-bond donors (Lipinski definition) is 7. The highest BCUT2D eigenvalue weighted by atomic mass is 31.2. The minimum Gasteiger partial charge on any atom is -0.481 e. The van der Waals surface area contributed by atoms with Gasteiger partial charge in [-0.3, -0.25) is 24.2 Å². The van der Waals surface area contributed by atoms with Gasteiger partial charge in [0.15, 0.2) is 11.2 Å². The molecule has 7 N–H and O–H groups in total. The van der Waals surface area contributed by atoms with E-state index in [2.05, 4.69) is 41.2 Å². The highest BCUT2D eigenvalue weighted by Gasteiger charge is 2.32. The van der Waals surface area contributed by atoms with Gasteiger partial charge in [-0.15, -0.1) is 0 Å². The molecule has 18 nitrogen and oxygen atoms in total. The largest absolute Gasteiger partial charge is 0.481 e. The van der Waals surface area contributed by atoms with Crippen LogP contribution in [-0.2, 0) is 35.9 Å². The summed E-state index contributed by atoms with van der Waals surface area (Å²) in [5, 5.41) is 28.7. The quantitative estimate of drug-likeness (QED) is 0.0408. The molecule has 4 aromatic rings. The highest BCUT2D eigenvalue weighted by molar-refractivity contribution is 7.41. The highest BCUT2D eigenvalue weighted by Crippen LogP contribution is 2.39. The van der Waals surface area contributed by atoms with E-state index in [0.717, 1.165) is 18.2 Å². The van der Waals surface area contributed by atoms with Crippen molar-refractivity contribution in [1.82, 2.24) is 30.6 Å². The van der Waals surface area contributed by atoms with Crippen LogP contribution in [-0.4, -0.2) is 86.3 Å². The number of fused-ring (bicyclic) bond motifs is 1. The molecule has 0 spiro atoms. The van der Waals surface area contributed by atoms with E-state index in [0.29, 0.717) is 44.0 Å². The van der Waals surface area contributed by atoms with Gasteiger partial charge in [-0.05, 0) is 75.6 Å². The first-order chi connectivity index (χ1) is 27.2. The molecular formula is C35H40F3N8O10P. The number of carboxylic acids is 2. The monoisotopic (exact) mass is 820 g/mol. The number of carboxylic acid groups (broad SMARTS) is 2. The smallest absolute Gasteiger partial charge is 0.416 e. The zero-order valence-electron chi connectivity index (χ0n) is 30.6. The number of rotatable bonds is 22. The van der Waals surface area contributed by atoms with Crippen LogP contribution < -0.4 is 26.8 Å². The minimum absolute atomic E-state index is 0.0573. The molecule has 0 aliphatic rings. The Kier molecular flexibility index (Phi) is 16.2. The van der Waals surface area contributed by atoms with E-state index in [1.54, 1.807) is 0 Å². The van der Waals surface area contributed by atoms with Crippen molar-refractivity contribution >= 4 is 60.8 Å². The SMILES string of the molecule is CCOP(OCC)OCCCCNC(=O)c1ccc(C(F)(F)F)cc1Nc1nc2ncc(CNc3ccc(C(=O)NC(CCC(=O)O)C(=O)O)cc3)nc2c(=O)[nH]1. The third-order valence-electron chi connectivity index (χ3n) is 7.71. The van der Waals surface area contributed by atoms with E-state index in [9.17, 15) is 42.3 Å². The summed E-state index contributed by atoms with van der Waals surface area (Å²) < 4.78 is 57.3. The summed E-state index contributed by atoms with van der Waals surface area (Å²) in [6.45, 7) is 5.03. The average molecular weight is 821 g/mol. The molecule has 0 fully saturated rings. The van der Waals surface area contributed by atoms with Gasteiger partial charge in [0.05, 0.1) is 55.1 Å². The molecule has 4 rings (SSSR count). The summed E-state index contributed by atoms with van der Waals surface area (Å²) in [5.74, 6) is -4.24. The van der Waals surface area contributed by atoms with Crippen LogP contribution in [0.15, 0.2) is 53.5 Å². The second kappa shape index (κ2) is 21.0. The lowest BCUT2D eigenvalue weighted by molar-refractivity contribution is -0.141. The number of benzene rings is 2. The van der Waals surface area contributed by atoms with Gasteiger partial charge < -0.3 is 45.1 Å². The molecule has 22 heteroatoms. The predicted octanol–water partition coefficient (Wildman–Crippen LogP) is 4.96. The molecule has 0 radical (unpaired) electrons. The molecule has 0 aliphatic carbocycles. The van der Waals surface area contributed by atoms with Crippen LogP contribution in [0.2, 0.25) is 0 Å². The molecule has 2 amide bonds. The summed E-state index contributed by atoms with van der Waals surface area (Å²) >= 11 is 0. The fourth-order valence-electron chi connectivity index (χ4n) is 4.93. The van der Waals surface area contributed by atoms with Gasteiger partial charge in [0.25, 0.3) is 17.4 Å². The van der Waals surface area contributed by atoms with E-state index < -0.39 is 62.1 Å². The van der Waals surface area contributed by atoms with Crippen molar-refractivity contribution < 1.29 is 56.1 Å². The lowest BCUT2D eigenvalue weighted by Gasteiger charge is -2.16. The number of nitrogens with zero attached hydrogens (tertiary/aromatic N) is 3. The van der Waals surface area contributed by atoms with Crippen molar-refractivity contribution in [3.63, 3.8) is 0 Å². The molecule has 2 aromatic heterocycles. The van der Waals surface area contributed by atoms with Gasteiger partial charge >= 0.3 is 26.7 Å². The van der Waals surface area contributed by atoms with Gasteiger partial charge in [0.1, 0.15) is 6.04 Å². The first-order valence-corrected chi connectivity index (χ1v) is 18.6. The molecule has 306 valence electrons. The van der Waals surface area contributed by atoms with Gasteiger partial charge in [0.2, 0.25) is 5.95 Å². The number of aromatic amines is 1. The first-order valence-electron chi connectivity index (χ1n) is 17.5. The Morgan fingerprint density at radius 2 is 1.67 bits per heavy atom. The first kappa shape index (κ1) is 44.0. The van der Waals surface area contributed by atoms with Crippen molar-refractivity contribution in [1.29, 1.82) is 0 Å². The van der Waals surface area contributed by atoms with E-state index >= 15 is 0 Å². The second-order valence-electron chi connectivity index (χ2n) is 11.9. The number of hydrogen-bond acceptors (Lipinski definition) is 13. The number of unbranched alkanes of at least 4 members (excludes halogenated alkanes) is 1. The number of aromatic nitrogens is 4. The van der Waals surface area contributed by atoms with Gasteiger partial charge in [-0.2, -0.15) is 18.2 Å². The van der Waals surface area contributed by atoms with Crippen molar-refractivity contribution in [2.75, 3.05) is 37.0 Å². The van der Waals surface area contributed by atoms with E-state index in [-0.39, 0.29) is 53.4 Å². The Hall–Kier alpha value is -5.76. The van der Waals surface area contributed by atoms with E-state index in [1.807, 2.05) is 13.8 Å². The third-order valence-corrected chi connectivity index (χ3v) is 9.04. The molecule has 2 aromatic carbocycles. The third kappa shape index (κ3) is 13.4. The lowest BCUT2D eigenvalue weighted by Crippen LogP contribution is -2.41. The zero-order chi connectivity index (χ0) is 41.5. The normalized spacial score (nSPS) is 12.0. The molecule has 0 saturated carbocycles. The number of aliphatic carboxylic acids is 2. The van der Waals surface area contributed by atoms with Crippen LogP contribution in [0.3, 0.4) is 0 Å². The van der Waals surface area contributed by atoms with Gasteiger partial charge in [-0.25, -0.2) is 14.8 Å². The fourth-order valence-corrected chi connectivity index (χ4v) is 5.86. The molecule has 0 aliphatic heterocycles. The maximum Gasteiger partial charge on any atom is 0.416 e. The Bertz CT molecular complexity index is 2080. The Labute approximate surface area is 324 Å². The number of carbonyl (C=O) groups excluding carboxylic acids is 2. The molecular weight excluding hydrogens is 780 g/mol. The second-order valence-corrected chi connectivity index (χ2v) is 13.1. The van der Waals surface area contributed by atoms with E-state index in [1.165, 1.54) is 30.5 Å². The number of carbonyl (C=O) groups is 4. The molecule has 1 atom stereocenters. The van der Waals surface area contributed by atoms with Crippen LogP contribution in [0.5, 0.6) is 0 Å². The maximum atomic E-state index is 13.7. The fraction of sp³-hybridized carbons (Fsp3) is 0.371. The summed E-state index contributed by atoms with van der Waals surface area (Å²) in [5.41, 5.74) is -1.60. The summed E-state index contributed by atoms with van der Waals surface area (Å²) in [6, 6.07) is 7.03. The van der Waals surface area contributed by atoms with Crippen molar-refractivity contribution in [2.24, 2.45) is 0 Å². The number of amides is 2. The standard InChI is InChI=1S/C35H40F3N8O10P/c1-3-54-57(55-4-2)56-16-6-5-15-39-31(50)24-12-9-21(35(36,37)38)17-26(24)44-34-45-29-28(32(51)46-34)42-23(19-41-29)18-40-22-10-7-20(8-11-22)30(49)43-25(33(52)53)13-14-27(47)48/h7-12,17,19,25,40H,3-6,13-16,18H2,1-2H3,(H,39,50)(H,43,49)(H,47,48)(H,52,53)(H2,41,44,45,46,51). The molecule has 0 bridgehead atoms. The van der Waals surface area contributed by atoms with Crippen LogP contribution in [0.1, 0.15) is 71.5 Å². The van der Waals surface area contributed by atoms with Crippen LogP contribution >= 0.6 is 8.60 Å². The Morgan fingerprint density at radius 3 is 2.32 bits per heavy atom. The summed E-state index contributed by atoms with van der Waals surface area (Å²) in [4.78, 5) is 75.9. The van der Waals surface area contributed by atoms with Crippen molar-refractivity contribution in [3.05, 3.63) is 81.4 Å². The predicted molar refractivity (Wildman–Crippen MR) is 200 cm³/mol. The average Bonchev–Trinajstić information content (AvgIpc) is 3.16. The number of anilines is 3. The topological polar surface area (TPSA) is 256 Å². The Balaban J connectivity index is 1.40. The number of H-pyrrole nitrogens is 1. The maximum absolute atomic E-state index is 13.7. The summed E-state index contributed by atoms with van der Waals surface area (Å²) in [7, 11) is -1.47. The summed E-state index contributed by atoms with van der Waals surface area (Å²) in [6.07, 6.45) is -3.11. The van der Waals surface area contributed by atoms with Gasteiger partial charge in [-0.1, -0.05) is 0 Å². The molecule has 2 heterocycles. The number of nitrogens with one attached hydrogen (secondary N) is 5. The van der Waals surface area contributed by atoms with Crippen LogP contribution in [0, 0.1) is 0 Å². The zero-order valence-corrected chi connectivity index (χ0v) is 31.5.